The van der Waals surface area contributed by atoms with Gasteiger partial charge in [0, 0.05) is 18.0 Å². The van der Waals surface area contributed by atoms with E-state index in [1.807, 2.05) is 12.1 Å². The molecule has 0 bridgehead atoms. The predicted molar refractivity (Wildman–Crippen MR) is 55.1 cm³/mol. The first-order valence-corrected chi connectivity index (χ1v) is 4.98. The molecular weight excluding hydrogens is 238 g/mol. The maximum Gasteiger partial charge on any atom is 0.243 e. The van der Waals surface area contributed by atoms with Gasteiger partial charge in [0.25, 0.3) is 0 Å². The van der Waals surface area contributed by atoms with Crippen molar-refractivity contribution in [2.45, 2.75) is 0 Å². The number of carbonyl (C=O) groups excluding carboxylic acids is 1. The summed E-state index contributed by atoms with van der Waals surface area (Å²) in [6, 6.07) is 3.91. The molecule has 0 aliphatic carbocycles. The largest absolute Gasteiger partial charge is 0.356 e. The third-order valence-electron chi connectivity index (χ3n) is 1.24. The molecule has 0 saturated heterocycles. The Morgan fingerprint density at radius 2 is 2.42 bits per heavy atom. The first kappa shape index (κ1) is 9.48. The quantitative estimate of drug-likeness (QED) is 0.797. The van der Waals surface area contributed by atoms with Crippen LogP contribution in [-0.4, -0.2) is 13.0 Å². The molecule has 0 aromatic carbocycles. The Labute approximate surface area is 83.4 Å². The molecule has 1 amide bonds. The molecule has 4 heteroatoms. The number of nitrogens with one attached hydrogen (secondary N) is 1. The first-order valence-electron chi connectivity index (χ1n) is 3.37. The van der Waals surface area contributed by atoms with Crippen LogP contribution in [0, 0.1) is 0 Å². The Balaban J connectivity index is 2.63. The summed E-state index contributed by atoms with van der Waals surface area (Å²) in [4.78, 5) is 11.8. The Morgan fingerprint density at radius 1 is 1.67 bits per heavy atom. The lowest BCUT2D eigenvalue weighted by Gasteiger charge is -1.87. The lowest BCUT2D eigenvalue weighted by atomic mass is 10.4. The third kappa shape index (κ3) is 2.79. The Kier molecular flexibility index (Phi) is 3.49. The van der Waals surface area contributed by atoms with Gasteiger partial charge in [0.2, 0.25) is 5.91 Å². The topological polar surface area (TPSA) is 29.1 Å². The molecule has 0 fully saturated rings. The average molecular weight is 246 g/mol. The molecule has 1 heterocycles. The van der Waals surface area contributed by atoms with Crippen LogP contribution in [-0.2, 0) is 4.79 Å². The molecule has 0 saturated carbocycles. The lowest BCUT2D eigenvalue weighted by molar-refractivity contribution is -0.115. The van der Waals surface area contributed by atoms with Gasteiger partial charge in [-0.3, -0.25) is 4.79 Å². The van der Waals surface area contributed by atoms with Crippen LogP contribution in [0.15, 0.2) is 22.0 Å². The van der Waals surface area contributed by atoms with Gasteiger partial charge in [-0.05, 0) is 34.1 Å². The number of rotatable bonds is 2. The van der Waals surface area contributed by atoms with Crippen molar-refractivity contribution in [3.63, 3.8) is 0 Å². The van der Waals surface area contributed by atoms with Crippen LogP contribution in [0.1, 0.15) is 4.88 Å². The first-order chi connectivity index (χ1) is 5.72. The molecule has 0 spiro atoms. The Morgan fingerprint density at radius 3 is 2.92 bits per heavy atom. The van der Waals surface area contributed by atoms with Gasteiger partial charge in [0.05, 0.1) is 3.79 Å². The van der Waals surface area contributed by atoms with Crippen LogP contribution in [0.4, 0.5) is 0 Å². The van der Waals surface area contributed by atoms with Gasteiger partial charge < -0.3 is 5.32 Å². The number of thiophene rings is 1. The van der Waals surface area contributed by atoms with Crippen LogP contribution in [0.2, 0.25) is 0 Å². The highest BCUT2D eigenvalue weighted by atomic mass is 79.9. The van der Waals surface area contributed by atoms with E-state index in [2.05, 4.69) is 21.2 Å². The standard InChI is InChI=1S/C8H8BrNOS/c1-10-8(11)5-3-6-2-4-7(9)12-6/h2-5H,1H3,(H,10,11). The van der Waals surface area contributed by atoms with Gasteiger partial charge in [-0.2, -0.15) is 0 Å². The number of amides is 1. The number of hydrogen-bond acceptors (Lipinski definition) is 2. The fourth-order valence-electron chi connectivity index (χ4n) is 0.659. The van der Waals surface area contributed by atoms with Gasteiger partial charge in [-0.25, -0.2) is 0 Å². The molecule has 1 aromatic heterocycles. The SMILES string of the molecule is CNC(=O)C=Cc1ccc(Br)s1. The van der Waals surface area contributed by atoms with E-state index in [0.717, 1.165) is 8.66 Å². The minimum atomic E-state index is -0.0838. The molecule has 12 heavy (non-hydrogen) atoms. The highest BCUT2D eigenvalue weighted by molar-refractivity contribution is 9.11. The minimum Gasteiger partial charge on any atom is -0.356 e. The molecule has 0 radical (unpaired) electrons. The molecule has 2 nitrogen and oxygen atoms in total. The van der Waals surface area contributed by atoms with Crippen molar-refractivity contribution in [1.29, 1.82) is 0 Å². The second-order valence-electron chi connectivity index (χ2n) is 2.09. The van der Waals surface area contributed by atoms with E-state index in [4.69, 9.17) is 0 Å². The second kappa shape index (κ2) is 4.42. The average Bonchev–Trinajstić information content (AvgIpc) is 2.47. The molecule has 1 aromatic rings. The molecule has 0 atom stereocenters. The number of likely N-dealkylation sites (N-methyl/N-ethyl adjacent to an activating group) is 1. The van der Waals surface area contributed by atoms with Crippen molar-refractivity contribution in [3.8, 4) is 0 Å². The molecule has 1 N–H and O–H groups in total. The van der Waals surface area contributed by atoms with Crippen molar-refractivity contribution in [1.82, 2.24) is 5.32 Å². The molecular formula is C8H8BrNOS. The maximum absolute atomic E-state index is 10.8. The van der Waals surface area contributed by atoms with E-state index in [1.165, 1.54) is 6.08 Å². The fraction of sp³-hybridized carbons (Fsp3) is 0.125. The van der Waals surface area contributed by atoms with Gasteiger partial charge in [0.1, 0.15) is 0 Å². The number of halogens is 1. The zero-order valence-electron chi connectivity index (χ0n) is 6.50. The van der Waals surface area contributed by atoms with Crippen molar-refractivity contribution in [3.05, 3.63) is 26.9 Å². The van der Waals surface area contributed by atoms with Gasteiger partial charge in [-0.1, -0.05) is 0 Å². The summed E-state index contributed by atoms with van der Waals surface area (Å²) >= 11 is 4.93. The summed E-state index contributed by atoms with van der Waals surface area (Å²) in [6.45, 7) is 0. The predicted octanol–water partition coefficient (Wildman–Crippen LogP) is 2.27. The van der Waals surface area contributed by atoms with Crippen LogP contribution in [0.25, 0.3) is 6.08 Å². The molecule has 0 aliphatic heterocycles. The van der Waals surface area contributed by atoms with E-state index in [1.54, 1.807) is 24.5 Å². The summed E-state index contributed by atoms with van der Waals surface area (Å²) in [5.41, 5.74) is 0. The molecule has 64 valence electrons. The summed E-state index contributed by atoms with van der Waals surface area (Å²) in [5, 5.41) is 2.51. The highest BCUT2D eigenvalue weighted by Gasteiger charge is 1.93. The second-order valence-corrected chi connectivity index (χ2v) is 4.58. The van der Waals surface area contributed by atoms with E-state index in [0.29, 0.717) is 0 Å². The van der Waals surface area contributed by atoms with Crippen LogP contribution in [0.3, 0.4) is 0 Å². The normalized spacial score (nSPS) is 10.5. The van der Waals surface area contributed by atoms with Crippen molar-refractivity contribution in [2.75, 3.05) is 7.05 Å². The highest BCUT2D eigenvalue weighted by Crippen LogP contribution is 2.22. The van der Waals surface area contributed by atoms with Crippen LogP contribution < -0.4 is 5.32 Å². The smallest absolute Gasteiger partial charge is 0.243 e. The van der Waals surface area contributed by atoms with Crippen LogP contribution >= 0.6 is 27.3 Å². The monoisotopic (exact) mass is 245 g/mol. The van der Waals surface area contributed by atoms with Gasteiger partial charge in [-0.15, -0.1) is 11.3 Å². The zero-order chi connectivity index (χ0) is 8.97. The van der Waals surface area contributed by atoms with Gasteiger partial charge in [0.15, 0.2) is 0 Å². The molecule has 0 unspecified atom stereocenters. The van der Waals surface area contributed by atoms with Gasteiger partial charge >= 0.3 is 0 Å². The fourth-order valence-corrected chi connectivity index (χ4v) is 1.99. The Bertz CT molecular complexity index is 306. The third-order valence-corrected chi connectivity index (χ3v) is 2.83. The zero-order valence-corrected chi connectivity index (χ0v) is 8.91. The van der Waals surface area contributed by atoms with Crippen molar-refractivity contribution >= 4 is 39.2 Å². The van der Waals surface area contributed by atoms with E-state index in [-0.39, 0.29) is 5.91 Å². The van der Waals surface area contributed by atoms with Crippen LogP contribution in [0.5, 0.6) is 0 Å². The van der Waals surface area contributed by atoms with E-state index >= 15 is 0 Å². The van der Waals surface area contributed by atoms with E-state index < -0.39 is 0 Å². The lowest BCUT2D eigenvalue weighted by Crippen LogP contribution is -2.13. The minimum absolute atomic E-state index is 0.0838. The molecule has 0 aliphatic rings. The summed E-state index contributed by atoms with van der Waals surface area (Å²) < 4.78 is 1.07. The maximum atomic E-state index is 10.8. The summed E-state index contributed by atoms with van der Waals surface area (Å²) in [6.07, 6.45) is 3.30. The number of carbonyl (C=O) groups is 1. The molecule has 1 rings (SSSR count). The van der Waals surface area contributed by atoms with E-state index in [9.17, 15) is 4.79 Å². The number of hydrogen-bond donors (Lipinski definition) is 1. The van der Waals surface area contributed by atoms with Crippen molar-refractivity contribution in [2.24, 2.45) is 0 Å². The summed E-state index contributed by atoms with van der Waals surface area (Å²) in [7, 11) is 1.61. The Hall–Kier alpha value is -0.610. The summed E-state index contributed by atoms with van der Waals surface area (Å²) in [5.74, 6) is -0.0838. The van der Waals surface area contributed by atoms with Crippen molar-refractivity contribution < 1.29 is 4.79 Å².